The molecule has 1 rings (SSSR count). The summed E-state index contributed by atoms with van der Waals surface area (Å²) in [7, 11) is 0. The van der Waals surface area contributed by atoms with Crippen LogP contribution < -0.4 is 0 Å². The van der Waals surface area contributed by atoms with Crippen LogP contribution in [0.1, 0.15) is 13.8 Å². The van der Waals surface area contributed by atoms with Gasteiger partial charge in [-0.1, -0.05) is 19.1 Å². The van der Waals surface area contributed by atoms with Crippen molar-refractivity contribution in [1.82, 2.24) is 9.80 Å². The van der Waals surface area contributed by atoms with Crippen LogP contribution >= 0.6 is 0 Å². The molecule has 0 aromatic rings. The Morgan fingerprint density at radius 1 is 1.47 bits per heavy atom. The minimum absolute atomic E-state index is 0.343. The zero-order chi connectivity index (χ0) is 14.3. The van der Waals surface area contributed by atoms with Gasteiger partial charge in [-0.15, -0.1) is 0 Å². The molecule has 0 saturated carbocycles. The molecule has 1 saturated heterocycles. The summed E-state index contributed by atoms with van der Waals surface area (Å²) >= 11 is 0. The van der Waals surface area contributed by atoms with Crippen molar-refractivity contribution >= 4 is 5.97 Å². The number of hydrogen-bond donors (Lipinski definition) is 1. The minimum Gasteiger partial charge on any atom is -0.481 e. The van der Waals surface area contributed by atoms with Gasteiger partial charge in [-0.25, -0.2) is 0 Å². The summed E-state index contributed by atoms with van der Waals surface area (Å²) < 4.78 is 5.32. The third kappa shape index (κ3) is 6.71. The maximum atomic E-state index is 11.0. The van der Waals surface area contributed by atoms with Crippen LogP contribution in [0.3, 0.4) is 0 Å². The van der Waals surface area contributed by atoms with Crippen molar-refractivity contribution in [2.24, 2.45) is 5.92 Å². The van der Waals surface area contributed by atoms with Crippen LogP contribution in [-0.2, 0) is 9.53 Å². The van der Waals surface area contributed by atoms with E-state index in [2.05, 4.69) is 16.4 Å². The normalized spacial score (nSPS) is 18.5. The molecule has 0 amide bonds. The van der Waals surface area contributed by atoms with Crippen molar-refractivity contribution in [3.05, 3.63) is 12.2 Å². The maximum Gasteiger partial charge on any atom is 0.307 e. The number of rotatable bonds is 8. The molecule has 0 aliphatic carbocycles. The summed E-state index contributed by atoms with van der Waals surface area (Å²) in [6.45, 7) is 14.4. The summed E-state index contributed by atoms with van der Waals surface area (Å²) in [5.41, 5.74) is 1.07. The maximum absolute atomic E-state index is 11.0. The Bertz CT molecular complexity index is 301. The van der Waals surface area contributed by atoms with Crippen LogP contribution in [0.25, 0.3) is 0 Å². The number of carboxylic acids is 1. The van der Waals surface area contributed by atoms with Crippen LogP contribution in [-0.4, -0.2) is 73.4 Å². The summed E-state index contributed by atoms with van der Waals surface area (Å²) in [5.74, 6) is -1.08. The topological polar surface area (TPSA) is 53.0 Å². The number of hydrogen-bond acceptors (Lipinski definition) is 4. The monoisotopic (exact) mass is 270 g/mol. The van der Waals surface area contributed by atoms with Gasteiger partial charge in [0.25, 0.3) is 0 Å². The molecule has 1 N–H and O–H groups in total. The van der Waals surface area contributed by atoms with Gasteiger partial charge in [-0.2, -0.15) is 0 Å². The second-order valence-corrected chi connectivity index (χ2v) is 5.39. The first-order valence-corrected chi connectivity index (χ1v) is 6.88. The van der Waals surface area contributed by atoms with Crippen molar-refractivity contribution in [2.75, 3.05) is 52.5 Å². The molecule has 19 heavy (non-hydrogen) atoms. The van der Waals surface area contributed by atoms with Gasteiger partial charge in [-0.05, 0) is 6.92 Å². The molecule has 110 valence electrons. The van der Waals surface area contributed by atoms with Crippen LogP contribution in [0.15, 0.2) is 12.2 Å². The zero-order valence-electron chi connectivity index (χ0n) is 12.1. The largest absolute Gasteiger partial charge is 0.481 e. The van der Waals surface area contributed by atoms with Gasteiger partial charge in [0.05, 0.1) is 19.1 Å². The Labute approximate surface area is 115 Å². The summed E-state index contributed by atoms with van der Waals surface area (Å²) in [6.07, 6.45) is 0. The molecule has 5 heteroatoms. The molecule has 1 aliphatic heterocycles. The van der Waals surface area contributed by atoms with E-state index in [-0.39, 0.29) is 5.92 Å². The van der Waals surface area contributed by atoms with Crippen LogP contribution in [0.4, 0.5) is 0 Å². The van der Waals surface area contributed by atoms with E-state index >= 15 is 0 Å². The van der Waals surface area contributed by atoms with Crippen LogP contribution in [0.2, 0.25) is 0 Å². The molecule has 1 heterocycles. The van der Waals surface area contributed by atoms with Gasteiger partial charge >= 0.3 is 5.97 Å². The number of aliphatic carboxylic acids is 1. The van der Waals surface area contributed by atoms with E-state index in [9.17, 15) is 4.79 Å². The number of carbonyl (C=O) groups is 1. The lowest BCUT2D eigenvalue weighted by Crippen LogP contribution is -2.43. The molecular formula is C14H26N2O3. The molecule has 5 nitrogen and oxygen atoms in total. The molecule has 0 bridgehead atoms. The molecule has 1 fully saturated rings. The van der Waals surface area contributed by atoms with E-state index in [4.69, 9.17) is 9.84 Å². The summed E-state index contributed by atoms with van der Waals surface area (Å²) in [4.78, 5) is 15.5. The van der Waals surface area contributed by atoms with Crippen molar-refractivity contribution < 1.29 is 14.6 Å². The highest BCUT2D eigenvalue weighted by Crippen LogP contribution is 2.05. The van der Waals surface area contributed by atoms with Gasteiger partial charge in [0.15, 0.2) is 0 Å². The number of nitrogens with zero attached hydrogens (tertiary/aromatic N) is 2. The van der Waals surface area contributed by atoms with E-state index in [0.29, 0.717) is 6.54 Å². The average Bonchev–Trinajstić information content (AvgIpc) is 2.36. The smallest absolute Gasteiger partial charge is 0.307 e. The van der Waals surface area contributed by atoms with Crippen molar-refractivity contribution in [2.45, 2.75) is 13.8 Å². The number of ether oxygens (including phenoxy) is 1. The molecule has 0 aromatic heterocycles. The number of morpholine rings is 1. The lowest BCUT2D eigenvalue weighted by molar-refractivity contribution is -0.141. The third-order valence-corrected chi connectivity index (χ3v) is 3.28. The molecule has 0 aromatic carbocycles. The predicted octanol–water partition coefficient (Wildman–Crippen LogP) is 0.917. The zero-order valence-corrected chi connectivity index (χ0v) is 12.1. The fourth-order valence-electron chi connectivity index (χ4n) is 2.19. The van der Waals surface area contributed by atoms with E-state index in [1.165, 1.54) is 0 Å². The first-order chi connectivity index (χ1) is 8.99. The van der Waals surface area contributed by atoms with Gasteiger partial charge in [0, 0.05) is 39.3 Å². The Kier molecular flexibility index (Phi) is 7.05. The summed E-state index contributed by atoms with van der Waals surface area (Å²) in [6, 6.07) is 0. The van der Waals surface area contributed by atoms with E-state index in [0.717, 1.165) is 51.5 Å². The van der Waals surface area contributed by atoms with Crippen molar-refractivity contribution in [3.8, 4) is 0 Å². The highest BCUT2D eigenvalue weighted by molar-refractivity contribution is 5.69. The number of carboxylic acid groups (broad SMARTS) is 1. The first kappa shape index (κ1) is 16.1. The fraction of sp³-hybridized carbons (Fsp3) is 0.786. The van der Waals surface area contributed by atoms with Crippen molar-refractivity contribution in [1.29, 1.82) is 0 Å². The molecule has 1 unspecified atom stereocenters. The second kappa shape index (κ2) is 8.30. The highest BCUT2D eigenvalue weighted by Gasteiger charge is 2.17. The van der Waals surface area contributed by atoms with Crippen LogP contribution in [0.5, 0.6) is 0 Å². The molecule has 0 spiro atoms. The van der Waals surface area contributed by atoms with E-state index < -0.39 is 5.97 Å². The Morgan fingerprint density at radius 2 is 2.11 bits per heavy atom. The van der Waals surface area contributed by atoms with Gasteiger partial charge in [0.1, 0.15) is 0 Å². The quantitative estimate of drug-likeness (QED) is 0.665. The summed E-state index contributed by atoms with van der Waals surface area (Å²) in [5, 5.41) is 9.01. The molecular weight excluding hydrogens is 244 g/mol. The fourth-order valence-corrected chi connectivity index (χ4v) is 2.19. The first-order valence-electron chi connectivity index (χ1n) is 6.88. The SMILES string of the molecule is C=C(C)CN(CCN1CCOCC1)CC(C)C(=O)O. The van der Waals surface area contributed by atoms with Gasteiger partial charge in [-0.3, -0.25) is 14.6 Å². The average molecular weight is 270 g/mol. The van der Waals surface area contributed by atoms with E-state index in [1.807, 2.05) is 6.92 Å². The molecule has 1 atom stereocenters. The Morgan fingerprint density at radius 3 is 2.63 bits per heavy atom. The Balaban J connectivity index is 2.39. The van der Waals surface area contributed by atoms with E-state index in [1.54, 1.807) is 6.92 Å². The minimum atomic E-state index is -0.738. The highest BCUT2D eigenvalue weighted by atomic mass is 16.5. The van der Waals surface area contributed by atoms with Crippen LogP contribution in [0, 0.1) is 5.92 Å². The predicted molar refractivity (Wildman–Crippen MR) is 75.3 cm³/mol. The second-order valence-electron chi connectivity index (χ2n) is 5.39. The molecule has 0 radical (unpaired) electrons. The lowest BCUT2D eigenvalue weighted by Gasteiger charge is -2.30. The van der Waals surface area contributed by atoms with Crippen molar-refractivity contribution in [3.63, 3.8) is 0 Å². The Hall–Kier alpha value is -0.910. The standard InChI is InChI=1S/C14H26N2O3/c1-12(2)10-16(11-13(3)14(17)18)5-4-15-6-8-19-9-7-15/h13H,1,4-11H2,2-3H3,(H,17,18). The van der Waals surface area contributed by atoms with Gasteiger partial charge in [0.2, 0.25) is 0 Å². The molecule has 1 aliphatic rings. The van der Waals surface area contributed by atoms with Gasteiger partial charge < -0.3 is 9.84 Å². The third-order valence-electron chi connectivity index (χ3n) is 3.28. The lowest BCUT2D eigenvalue weighted by atomic mass is 10.1.